The predicted octanol–water partition coefficient (Wildman–Crippen LogP) is 1.16. The van der Waals surface area contributed by atoms with Gasteiger partial charge in [-0.2, -0.15) is 0 Å². The van der Waals surface area contributed by atoms with Gasteiger partial charge in [0.05, 0.1) is 6.10 Å². The minimum absolute atomic E-state index is 0.243. The average molecular weight is 201 g/mol. The van der Waals surface area contributed by atoms with Gasteiger partial charge in [-0.3, -0.25) is 0 Å². The second-order valence-electron chi connectivity index (χ2n) is 4.45. The van der Waals surface area contributed by atoms with E-state index in [1.165, 1.54) is 19.3 Å². The van der Waals surface area contributed by atoms with Crippen molar-refractivity contribution in [3.63, 3.8) is 0 Å². The van der Waals surface area contributed by atoms with Crippen LogP contribution in [0.3, 0.4) is 0 Å². The molecule has 0 amide bonds. The van der Waals surface area contributed by atoms with Gasteiger partial charge in [-0.25, -0.2) is 0 Å². The van der Waals surface area contributed by atoms with Gasteiger partial charge in [0.25, 0.3) is 0 Å². The highest BCUT2D eigenvalue weighted by molar-refractivity contribution is 4.71. The molecule has 0 bridgehead atoms. The number of ether oxygens (including phenoxy) is 1. The molecule has 1 aliphatic heterocycles. The molecule has 1 heterocycles. The van der Waals surface area contributed by atoms with E-state index in [4.69, 9.17) is 9.84 Å². The van der Waals surface area contributed by atoms with E-state index in [-0.39, 0.29) is 6.10 Å². The van der Waals surface area contributed by atoms with Crippen LogP contribution in [0.2, 0.25) is 0 Å². The van der Waals surface area contributed by atoms with Crippen LogP contribution in [-0.4, -0.2) is 37.0 Å². The third-order valence-corrected chi connectivity index (χ3v) is 2.79. The van der Waals surface area contributed by atoms with Gasteiger partial charge in [0, 0.05) is 25.8 Å². The first-order valence-electron chi connectivity index (χ1n) is 5.67. The van der Waals surface area contributed by atoms with Gasteiger partial charge in [0.1, 0.15) is 0 Å². The number of aliphatic hydroxyl groups excluding tert-OH is 1. The number of aliphatic hydroxyl groups is 1. The molecule has 3 heteroatoms. The molecule has 0 aromatic heterocycles. The summed E-state index contributed by atoms with van der Waals surface area (Å²) in [6.45, 7) is 6.55. The molecule has 0 saturated carbocycles. The monoisotopic (exact) mass is 201 g/mol. The summed E-state index contributed by atoms with van der Waals surface area (Å²) in [6, 6.07) is 0.507. The van der Waals surface area contributed by atoms with Gasteiger partial charge in [0.15, 0.2) is 0 Å². The molecule has 2 atom stereocenters. The molecule has 0 aliphatic carbocycles. The highest BCUT2D eigenvalue weighted by Gasteiger charge is 2.16. The van der Waals surface area contributed by atoms with Gasteiger partial charge in [0.2, 0.25) is 0 Å². The lowest BCUT2D eigenvalue weighted by atomic mass is 9.93. The molecule has 0 radical (unpaired) electrons. The lowest BCUT2D eigenvalue weighted by Gasteiger charge is -2.25. The summed E-state index contributed by atoms with van der Waals surface area (Å²) in [4.78, 5) is 0. The van der Waals surface area contributed by atoms with Crippen molar-refractivity contribution < 1.29 is 9.84 Å². The molecule has 0 aromatic rings. The normalized spacial score (nSPS) is 23.4. The topological polar surface area (TPSA) is 41.5 Å². The van der Waals surface area contributed by atoms with Gasteiger partial charge in [-0.1, -0.05) is 0 Å². The van der Waals surface area contributed by atoms with Crippen molar-refractivity contribution in [3.8, 4) is 0 Å². The van der Waals surface area contributed by atoms with E-state index in [0.29, 0.717) is 12.6 Å². The molecule has 84 valence electrons. The Kier molecular flexibility index (Phi) is 5.45. The summed E-state index contributed by atoms with van der Waals surface area (Å²) >= 11 is 0. The Morgan fingerprint density at radius 2 is 2.00 bits per heavy atom. The molecule has 2 unspecified atom stereocenters. The third kappa shape index (κ3) is 4.94. The maximum Gasteiger partial charge on any atom is 0.0636 e. The maximum absolute atomic E-state index is 9.12. The Morgan fingerprint density at radius 1 is 1.36 bits per heavy atom. The molecular weight excluding hydrogens is 178 g/mol. The summed E-state index contributed by atoms with van der Waals surface area (Å²) in [5, 5.41) is 12.5. The SMILES string of the molecule is CC(O)CNC(C)CC1CCOCC1. The Labute approximate surface area is 86.8 Å². The first-order valence-corrected chi connectivity index (χ1v) is 5.67. The molecule has 14 heavy (non-hydrogen) atoms. The van der Waals surface area contributed by atoms with Gasteiger partial charge < -0.3 is 15.2 Å². The van der Waals surface area contributed by atoms with Crippen LogP contribution in [0.5, 0.6) is 0 Å². The van der Waals surface area contributed by atoms with Crippen LogP contribution in [0.4, 0.5) is 0 Å². The van der Waals surface area contributed by atoms with Crippen molar-refractivity contribution in [1.29, 1.82) is 0 Å². The minimum atomic E-state index is -0.243. The Balaban J connectivity index is 2.09. The zero-order valence-corrected chi connectivity index (χ0v) is 9.33. The van der Waals surface area contributed by atoms with Crippen LogP contribution in [0.25, 0.3) is 0 Å². The molecule has 3 nitrogen and oxygen atoms in total. The van der Waals surface area contributed by atoms with E-state index in [2.05, 4.69) is 12.2 Å². The zero-order chi connectivity index (χ0) is 10.4. The number of hydrogen-bond donors (Lipinski definition) is 2. The highest BCUT2D eigenvalue weighted by Crippen LogP contribution is 2.19. The number of nitrogens with one attached hydrogen (secondary N) is 1. The number of rotatable bonds is 5. The van der Waals surface area contributed by atoms with Crippen molar-refractivity contribution in [2.24, 2.45) is 5.92 Å². The van der Waals surface area contributed by atoms with Gasteiger partial charge >= 0.3 is 0 Å². The molecule has 1 rings (SSSR count). The molecule has 1 aliphatic rings. The largest absolute Gasteiger partial charge is 0.392 e. The Bertz CT molecular complexity index is 144. The summed E-state index contributed by atoms with van der Waals surface area (Å²) in [7, 11) is 0. The zero-order valence-electron chi connectivity index (χ0n) is 9.33. The van der Waals surface area contributed by atoms with E-state index in [1.54, 1.807) is 0 Å². The molecule has 2 N–H and O–H groups in total. The molecular formula is C11H23NO2. The van der Waals surface area contributed by atoms with Crippen molar-refractivity contribution in [1.82, 2.24) is 5.32 Å². The standard InChI is InChI=1S/C11H23NO2/c1-9(12-8-10(2)13)7-11-3-5-14-6-4-11/h9-13H,3-8H2,1-2H3. The van der Waals surface area contributed by atoms with Crippen molar-refractivity contribution >= 4 is 0 Å². The maximum atomic E-state index is 9.12. The van der Waals surface area contributed by atoms with Crippen LogP contribution in [0, 0.1) is 5.92 Å². The van der Waals surface area contributed by atoms with Crippen LogP contribution < -0.4 is 5.32 Å². The lowest BCUT2D eigenvalue weighted by molar-refractivity contribution is 0.0606. The minimum Gasteiger partial charge on any atom is -0.392 e. The van der Waals surface area contributed by atoms with E-state index >= 15 is 0 Å². The average Bonchev–Trinajstić information content (AvgIpc) is 2.16. The molecule has 1 fully saturated rings. The summed E-state index contributed by atoms with van der Waals surface area (Å²) < 4.78 is 5.32. The fraction of sp³-hybridized carbons (Fsp3) is 1.00. The van der Waals surface area contributed by atoms with E-state index < -0.39 is 0 Å². The van der Waals surface area contributed by atoms with E-state index in [9.17, 15) is 0 Å². The fourth-order valence-corrected chi connectivity index (χ4v) is 1.94. The first kappa shape index (κ1) is 12.0. The lowest BCUT2D eigenvalue weighted by Crippen LogP contribution is -2.34. The van der Waals surface area contributed by atoms with Gasteiger partial charge in [-0.05, 0) is 39.0 Å². The predicted molar refractivity (Wildman–Crippen MR) is 57.3 cm³/mol. The van der Waals surface area contributed by atoms with Crippen LogP contribution in [0.1, 0.15) is 33.1 Å². The van der Waals surface area contributed by atoms with Crippen molar-refractivity contribution in [3.05, 3.63) is 0 Å². The fourth-order valence-electron chi connectivity index (χ4n) is 1.94. The molecule has 0 aromatic carbocycles. The first-order chi connectivity index (χ1) is 6.68. The second kappa shape index (κ2) is 6.38. The molecule has 0 spiro atoms. The summed E-state index contributed by atoms with van der Waals surface area (Å²) in [5.41, 5.74) is 0. The Hall–Kier alpha value is -0.120. The highest BCUT2D eigenvalue weighted by atomic mass is 16.5. The second-order valence-corrected chi connectivity index (χ2v) is 4.45. The van der Waals surface area contributed by atoms with Crippen LogP contribution in [0.15, 0.2) is 0 Å². The van der Waals surface area contributed by atoms with Crippen molar-refractivity contribution in [2.45, 2.75) is 45.3 Å². The number of hydrogen-bond acceptors (Lipinski definition) is 3. The quantitative estimate of drug-likeness (QED) is 0.701. The molecule has 1 saturated heterocycles. The van der Waals surface area contributed by atoms with Crippen LogP contribution in [-0.2, 0) is 4.74 Å². The van der Waals surface area contributed by atoms with Gasteiger partial charge in [-0.15, -0.1) is 0 Å². The third-order valence-electron chi connectivity index (χ3n) is 2.79. The summed E-state index contributed by atoms with van der Waals surface area (Å²) in [6.07, 6.45) is 3.35. The Morgan fingerprint density at radius 3 is 2.57 bits per heavy atom. The van der Waals surface area contributed by atoms with Crippen LogP contribution >= 0.6 is 0 Å². The van der Waals surface area contributed by atoms with Crippen molar-refractivity contribution in [2.75, 3.05) is 19.8 Å². The van der Waals surface area contributed by atoms with E-state index in [0.717, 1.165) is 19.1 Å². The van der Waals surface area contributed by atoms with E-state index in [1.807, 2.05) is 6.92 Å². The smallest absolute Gasteiger partial charge is 0.0636 e. The summed E-state index contributed by atoms with van der Waals surface area (Å²) in [5.74, 6) is 0.806.